The molecular weight excluding hydrogens is 272 g/mol. The van der Waals surface area contributed by atoms with Crippen molar-refractivity contribution in [1.82, 2.24) is 9.55 Å². The summed E-state index contributed by atoms with van der Waals surface area (Å²) in [5.41, 5.74) is 2.40. The molecule has 0 spiro atoms. The molecule has 2 aromatic rings. The van der Waals surface area contributed by atoms with Gasteiger partial charge in [0.2, 0.25) is 0 Å². The lowest BCUT2D eigenvalue weighted by atomic mass is 10.1. The second-order valence-corrected chi connectivity index (χ2v) is 4.25. The van der Waals surface area contributed by atoms with E-state index in [4.69, 9.17) is 0 Å². The molecular formula is C11H11BrN2O2. The highest BCUT2D eigenvalue weighted by atomic mass is 79.9. The summed E-state index contributed by atoms with van der Waals surface area (Å²) in [4.78, 5) is 25.4. The topological polar surface area (TPSA) is 54.9 Å². The summed E-state index contributed by atoms with van der Waals surface area (Å²) in [5, 5.41) is 0.358. The first-order valence-corrected chi connectivity index (χ1v) is 5.99. The smallest absolute Gasteiger partial charge is 0.306 e. The van der Waals surface area contributed by atoms with Crippen LogP contribution in [0.2, 0.25) is 0 Å². The standard InChI is InChI=1S/C11H11BrN2O2/c1-14-10-5-7(4-8(15)6-12)2-3-9(10)13-11(14)16/h2-3,5H,4,6H2,1H3,(H,13,16). The van der Waals surface area contributed by atoms with Gasteiger partial charge in [-0.25, -0.2) is 4.79 Å². The van der Waals surface area contributed by atoms with Crippen LogP contribution in [0.1, 0.15) is 5.56 Å². The maximum absolute atomic E-state index is 11.4. The quantitative estimate of drug-likeness (QED) is 0.865. The van der Waals surface area contributed by atoms with Crippen molar-refractivity contribution >= 4 is 32.7 Å². The Morgan fingerprint density at radius 3 is 2.94 bits per heavy atom. The van der Waals surface area contributed by atoms with Gasteiger partial charge < -0.3 is 4.98 Å². The van der Waals surface area contributed by atoms with Crippen molar-refractivity contribution in [2.45, 2.75) is 6.42 Å². The first-order chi connectivity index (χ1) is 7.61. The van der Waals surface area contributed by atoms with E-state index in [2.05, 4.69) is 20.9 Å². The number of halogens is 1. The summed E-state index contributed by atoms with van der Waals surface area (Å²) < 4.78 is 1.54. The van der Waals surface area contributed by atoms with Gasteiger partial charge in [-0.05, 0) is 17.7 Å². The van der Waals surface area contributed by atoms with Crippen LogP contribution in [0.25, 0.3) is 11.0 Å². The lowest BCUT2D eigenvalue weighted by Crippen LogP contribution is -2.11. The van der Waals surface area contributed by atoms with E-state index in [-0.39, 0.29) is 11.5 Å². The summed E-state index contributed by atoms with van der Waals surface area (Å²) in [6.07, 6.45) is 0.389. The fourth-order valence-electron chi connectivity index (χ4n) is 1.65. The number of aromatic nitrogens is 2. The second-order valence-electron chi connectivity index (χ2n) is 3.69. The van der Waals surface area contributed by atoms with E-state index in [1.807, 2.05) is 18.2 Å². The molecule has 1 aromatic heterocycles. The van der Waals surface area contributed by atoms with Gasteiger partial charge in [0.05, 0.1) is 16.4 Å². The van der Waals surface area contributed by atoms with Crippen molar-refractivity contribution < 1.29 is 4.79 Å². The Balaban J connectivity index is 2.47. The molecule has 84 valence electrons. The van der Waals surface area contributed by atoms with Gasteiger partial charge in [-0.2, -0.15) is 0 Å². The number of ketones is 1. The highest BCUT2D eigenvalue weighted by Gasteiger charge is 2.06. The Hall–Kier alpha value is -1.36. The summed E-state index contributed by atoms with van der Waals surface area (Å²) >= 11 is 3.13. The van der Waals surface area contributed by atoms with Gasteiger partial charge in [0, 0.05) is 13.5 Å². The zero-order valence-corrected chi connectivity index (χ0v) is 10.4. The molecule has 0 radical (unpaired) electrons. The number of hydrogen-bond acceptors (Lipinski definition) is 2. The summed E-state index contributed by atoms with van der Waals surface area (Å²) in [7, 11) is 1.71. The van der Waals surface area contributed by atoms with Crippen LogP contribution in [-0.4, -0.2) is 20.7 Å². The molecule has 5 heteroatoms. The van der Waals surface area contributed by atoms with E-state index in [0.29, 0.717) is 11.8 Å². The molecule has 0 amide bonds. The van der Waals surface area contributed by atoms with Crippen LogP contribution in [0, 0.1) is 0 Å². The monoisotopic (exact) mass is 282 g/mol. The molecule has 1 heterocycles. The van der Waals surface area contributed by atoms with Crippen LogP contribution in [0.3, 0.4) is 0 Å². The largest absolute Gasteiger partial charge is 0.326 e. The van der Waals surface area contributed by atoms with Gasteiger partial charge in [0.25, 0.3) is 0 Å². The van der Waals surface area contributed by atoms with Gasteiger partial charge in [-0.1, -0.05) is 22.0 Å². The number of nitrogens with zero attached hydrogens (tertiary/aromatic N) is 1. The van der Waals surface area contributed by atoms with Crippen LogP contribution in [0.15, 0.2) is 23.0 Å². The van der Waals surface area contributed by atoms with Gasteiger partial charge in [0.1, 0.15) is 5.78 Å². The number of Topliss-reactive ketones (excluding diaryl/α,β-unsaturated/α-hetero) is 1. The average molecular weight is 283 g/mol. The third kappa shape index (κ3) is 1.95. The lowest BCUT2D eigenvalue weighted by molar-refractivity contribution is -0.115. The van der Waals surface area contributed by atoms with Crippen LogP contribution in [0.5, 0.6) is 0 Å². The minimum Gasteiger partial charge on any atom is -0.306 e. The highest BCUT2D eigenvalue weighted by Crippen LogP contribution is 2.12. The van der Waals surface area contributed by atoms with Gasteiger partial charge in [0.15, 0.2) is 0 Å². The molecule has 0 atom stereocenters. The summed E-state index contributed by atoms with van der Waals surface area (Å²) in [6, 6.07) is 5.56. The molecule has 0 saturated heterocycles. The maximum Gasteiger partial charge on any atom is 0.326 e. The molecule has 1 N–H and O–H groups in total. The minimum absolute atomic E-state index is 0.125. The number of rotatable bonds is 3. The Bertz CT molecular complexity index is 598. The zero-order chi connectivity index (χ0) is 11.7. The molecule has 4 nitrogen and oxygen atoms in total. The van der Waals surface area contributed by atoms with E-state index in [0.717, 1.165) is 16.6 Å². The minimum atomic E-state index is -0.140. The van der Waals surface area contributed by atoms with Crippen LogP contribution >= 0.6 is 15.9 Å². The Morgan fingerprint density at radius 1 is 1.50 bits per heavy atom. The SMILES string of the molecule is Cn1c(=O)[nH]c2ccc(CC(=O)CBr)cc21. The number of aryl methyl sites for hydroxylation is 1. The zero-order valence-electron chi connectivity index (χ0n) is 8.79. The van der Waals surface area contributed by atoms with E-state index in [1.54, 1.807) is 7.05 Å². The Morgan fingerprint density at radius 2 is 2.25 bits per heavy atom. The number of benzene rings is 1. The number of carbonyl (C=O) groups is 1. The number of hydrogen-bond donors (Lipinski definition) is 1. The van der Waals surface area contributed by atoms with Gasteiger partial charge in [-0.3, -0.25) is 9.36 Å². The molecule has 0 aliphatic rings. The summed E-state index contributed by atoms with van der Waals surface area (Å²) in [5.74, 6) is 0.125. The number of nitrogens with one attached hydrogen (secondary N) is 1. The van der Waals surface area contributed by atoms with Crippen molar-refractivity contribution in [2.24, 2.45) is 7.05 Å². The molecule has 0 unspecified atom stereocenters. The van der Waals surface area contributed by atoms with Crippen molar-refractivity contribution in [1.29, 1.82) is 0 Å². The lowest BCUT2D eigenvalue weighted by Gasteiger charge is -2.00. The van der Waals surface area contributed by atoms with Crippen molar-refractivity contribution in [3.8, 4) is 0 Å². The summed E-state index contributed by atoms with van der Waals surface area (Å²) in [6.45, 7) is 0. The normalized spacial score (nSPS) is 10.9. The molecule has 0 aliphatic carbocycles. The first kappa shape index (κ1) is 11.1. The highest BCUT2D eigenvalue weighted by molar-refractivity contribution is 9.09. The molecule has 0 saturated carbocycles. The third-order valence-electron chi connectivity index (χ3n) is 2.52. The number of H-pyrrole nitrogens is 1. The van der Waals surface area contributed by atoms with E-state index in [9.17, 15) is 9.59 Å². The fourth-order valence-corrected chi connectivity index (χ4v) is 1.85. The van der Waals surface area contributed by atoms with E-state index < -0.39 is 0 Å². The average Bonchev–Trinajstić information content (AvgIpc) is 2.55. The van der Waals surface area contributed by atoms with Gasteiger partial charge >= 0.3 is 5.69 Å². The predicted octanol–water partition coefficient (Wildman–Crippen LogP) is 1.37. The van der Waals surface area contributed by atoms with Crippen LogP contribution in [-0.2, 0) is 18.3 Å². The first-order valence-electron chi connectivity index (χ1n) is 4.87. The third-order valence-corrected chi connectivity index (χ3v) is 3.15. The number of alkyl halides is 1. The van der Waals surface area contributed by atoms with Crippen LogP contribution in [0.4, 0.5) is 0 Å². The molecule has 0 aliphatic heterocycles. The number of imidazole rings is 1. The van der Waals surface area contributed by atoms with Crippen molar-refractivity contribution in [3.05, 3.63) is 34.2 Å². The van der Waals surface area contributed by atoms with Crippen molar-refractivity contribution in [2.75, 3.05) is 5.33 Å². The molecule has 0 bridgehead atoms. The van der Waals surface area contributed by atoms with E-state index in [1.165, 1.54) is 4.57 Å². The molecule has 16 heavy (non-hydrogen) atoms. The van der Waals surface area contributed by atoms with Gasteiger partial charge in [-0.15, -0.1) is 0 Å². The molecule has 0 fully saturated rings. The fraction of sp³-hybridized carbons (Fsp3) is 0.273. The van der Waals surface area contributed by atoms with E-state index >= 15 is 0 Å². The number of fused-ring (bicyclic) bond motifs is 1. The Kier molecular flexibility index (Phi) is 2.96. The number of carbonyl (C=O) groups excluding carboxylic acids is 1. The van der Waals surface area contributed by atoms with Crippen LogP contribution < -0.4 is 5.69 Å². The van der Waals surface area contributed by atoms with Crippen molar-refractivity contribution in [3.63, 3.8) is 0 Å². The molecule has 2 rings (SSSR count). The number of aromatic amines is 1. The Labute approximate surface area is 100 Å². The predicted molar refractivity (Wildman–Crippen MR) is 66.0 cm³/mol. The second kappa shape index (κ2) is 4.25. The molecule has 1 aromatic carbocycles. The maximum atomic E-state index is 11.4.